The number of pyridine rings is 1. The van der Waals surface area contributed by atoms with Crippen LogP contribution in [0.5, 0.6) is 0 Å². The Hall–Kier alpha value is -3.12. The van der Waals surface area contributed by atoms with Crippen molar-refractivity contribution in [3.8, 4) is 11.3 Å². The Kier molecular flexibility index (Phi) is 4.88. The first-order valence-corrected chi connectivity index (χ1v) is 9.66. The molecule has 0 aliphatic carbocycles. The zero-order valence-electron chi connectivity index (χ0n) is 16.4. The Bertz CT molecular complexity index is 1170. The van der Waals surface area contributed by atoms with E-state index < -0.39 is 0 Å². The molecule has 29 heavy (non-hydrogen) atoms. The van der Waals surface area contributed by atoms with Crippen LogP contribution in [-0.2, 0) is 16.6 Å². The number of rotatable bonds is 4. The highest BCUT2D eigenvalue weighted by Gasteiger charge is 2.20. The van der Waals surface area contributed by atoms with Gasteiger partial charge in [0.15, 0.2) is 5.82 Å². The summed E-state index contributed by atoms with van der Waals surface area (Å²) >= 11 is 6.02. The number of fused-ring (bicyclic) bond motifs is 1. The largest absolute Gasteiger partial charge is 0.359 e. The van der Waals surface area contributed by atoms with Crippen LogP contribution in [-0.4, -0.2) is 20.4 Å². The number of carbonyl (C=O) groups is 1. The third kappa shape index (κ3) is 4.17. The lowest BCUT2D eigenvalue weighted by atomic mass is 9.93. The van der Waals surface area contributed by atoms with Crippen LogP contribution in [0.4, 0.5) is 5.82 Å². The number of halogens is 1. The fraction of sp³-hybridized carbons (Fsp3) is 0.227. The number of amides is 1. The number of aromatic nitrogens is 3. The lowest BCUT2D eigenvalue weighted by Gasteiger charge is -2.12. The summed E-state index contributed by atoms with van der Waals surface area (Å²) in [4.78, 5) is 16.7. The second-order valence-electron chi connectivity index (χ2n) is 7.96. The molecule has 0 aliphatic rings. The highest BCUT2D eigenvalue weighted by molar-refractivity contribution is 6.30. The number of nitrogens with zero attached hydrogens (tertiary/aromatic N) is 3. The molecule has 3 aromatic heterocycles. The summed E-state index contributed by atoms with van der Waals surface area (Å²) in [5.41, 5.74) is 3.51. The van der Waals surface area contributed by atoms with Gasteiger partial charge in [0.25, 0.3) is 0 Å². The first-order valence-electron chi connectivity index (χ1n) is 9.28. The fourth-order valence-corrected chi connectivity index (χ4v) is 3.18. The van der Waals surface area contributed by atoms with Gasteiger partial charge in [-0.1, -0.05) is 61.8 Å². The van der Waals surface area contributed by atoms with Gasteiger partial charge in [0.05, 0.1) is 18.3 Å². The highest BCUT2D eigenvalue weighted by Crippen LogP contribution is 2.25. The van der Waals surface area contributed by atoms with Gasteiger partial charge in [0.2, 0.25) is 5.91 Å². The van der Waals surface area contributed by atoms with Gasteiger partial charge in [-0.2, -0.15) is 0 Å². The highest BCUT2D eigenvalue weighted by atomic mass is 35.5. The Morgan fingerprint density at radius 2 is 1.93 bits per heavy atom. The number of imidazole rings is 1. The van der Waals surface area contributed by atoms with Gasteiger partial charge < -0.3 is 9.84 Å². The minimum Gasteiger partial charge on any atom is -0.359 e. The van der Waals surface area contributed by atoms with Crippen LogP contribution in [0.2, 0.25) is 5.02 Å². The van der Waals surface area contributed by atoms with Crippen LogP contribution in [0.1, 0.15) is 32.1 Å². The first-order chi connectivity index (χ1) is 13.8. The SMILES string of the molecule is CC(C)(C)c1cc(NC(=O)Cc2ccc(-c3cnc4cc(Cl)ccn34)cc2)no1. The molecule has 0 atom stereocenters. The molecule has 0 spiro atoms. The van der Waals surface area contributed by atoms with Crippen LogP contribution in [0.15, 0.2) is 59.4 Å². The van der Waals surface area contributed by atoms with Crippen molar-refractivity contribution in [2.24, 2.45) is 0 Å². The third-order valence-electron chi connectivity index (χ3n) is 4.61. The quantitative estimate of drug-likeness (QED) is 0.508. The van der Waals surface area contributed by atoms with Crippen LogP contribution in [0, 0.1) is 0 Å². The second kappa shape index (κ2) is 7.37. The molecule has 1 N–H and O–H groups in total. The van der Waals surface area contributed by atoms with Crippen molar-refractivity contribution in [2.45, 2.75) is 32.6 Å². The van der Waals surface area contributed by atoms with E-state index in [9.17, 15) is 4.79 Å². The van der Waals surface area contributed by atoms with Crippen molar-refractivity contribution < 1.29 is 9.32 Å². The maximum absolute atomic E-state index is 12.3. The van der Waals surface area contributed by atoms with Crippen LogP contribution in [0.25, 0.3) is 16.9 Å². The van der Waals surface area contributed by atoms with Gasteiger partial charge in [0, 0.05) is 34.3 Å². The van der Waals surface area contributed by atoms with E-state index in [0.29, 0.717) is 10.8 Å². The topological polar surface area (TPSA) is 72.4 Å². The summed E-state index contributed by atoms with van der Waals surface area (Å²) in [6.07, 6.45) is 3.95. The summed E-state index contributed by atoms with van der Waals surface area (Å²) < 4.78 is 7.28. The number of hydrogen-bond acceptors (Lipinski definition) is 4. The van der Waals surface area contributed by atoms with E-state index in [1.54, 1.807) is 6.07 Å². The maximum atomic E-state index is 12.3. The molecule has 6 nitrogen and oxygen atoms in total. The van der Waals surface area contributed by atoms with Gasteiger partial charge in [-0.3, -0.25) is 9.20 Å². The third-order valence-corrected chi connectivity index (χ3v) is 4.84. The predicted octanol–water partition coefficient (Wildman–Crippen LogP) is 5.12. The number of hydrogen-bond donors (Lipinski definition) is 1. The second-order valence-corrected chi connectivity index (χ2v) is 8.40. The van der Waals surface area contributed by atoms with E-state index in [2.05, 4.69) is 15.5 Å². The molecule has 7 heteroatoms. The summed E-state index contributed by atoms with van der Waals surface area (Å²) in [6.45, 7) is 6.08. The van der Waals surface area contributed by atoms with Gasteiger partial charge in [-0.25, -0.2) is 4.98 Å². The molecule has 0 saturated carbocycles. The number of anilines is 1. The van der Waals surface area contributed by atoms with Crippen molar-refractivity contribution >= 4 is 29.0 Å². The monoisotopic (exact) mass is 408 g/mol. The average Bonchev–Trinajstić information content (AvgIpc) is 3.29. The molecule has 1 aromatic carbocycles. The van der Waals surface area contributed by atoms with E-state index in [-0.39, 0.29) is 17.7 Å². The first kappa shape index (κ1) is 19.2. The lowest BCUT2D eigenvalue weighted by molar-refractivity contribution is -0.115. The molecule has 0 fully saturated rings. The van der Waals surface area contributed by atoms with Crippen molar-refractivity contribution in [3.05, 3.63) is 71.2 Å². The Balaban J connectivity index is 1.45. The molecular weight excluding hydrogens is 388 g/mol. The van der Waals surface area contributed by atoms with E-state index >= 15 is 0 Å². The normalized spacial score (nSPS) is 11.7. The zero-order valence-corrected chi connectivity index (χ0v) is 17.2. The van der Waals surface area contributed by atoms with Crippen LogP contribution < -0.4 is 5.32 Å². The van der Waals surface area contributed by atoms with Crippen molar-refractivity contribution in [2.75, 3.05) is 5.32 Å². The van der Waals surface area contributed by atoms with Crippen LogP contribution >= 0.6 is 11.6 Å². The smallest absolute Gasteiger partial charge is 0.230 e. The van der Waals surface area contributed by atoms with Gasteiger partial charge >= 0.3 is 0 Å². The zero-order chi connectivity index (χ0) is 20.6. The minimum atomic E-state index is -0.158. The number of nitrogens with one attached hydrogen (secondary N) is 1. The lowest BCUT2D eigenvalue weighted by Crippen LogP contribution is -2.14. The summed E-state index contributed by atoms with van der Waals surface area (Å²) in [6, 6.07) is 13.2. The maximum Gasteiger partial charge on any atom is 0.230 e. The molecule has 0 bridgehead atoms. The molecular formula is C22H21ClN4O2. The van der Waals surface area contributed by atoms with Crippen molar-refractivity contribution in [3.63, 3.8) is 0 Å². The Morgan fingerprint density at radius 3 is 2.62 bits per heavy atom. The van der Waals surface area contributed by atoms with Crippen LogP contribution in [0.3, 0.4) is 0 Å². The summed E-state index contributed by atoms with van der Waals surface area (Å²) in [7, 11) is 0. The number of carbonyl (C=O) groups excluding carboxylic acids is 1. The summed E-state index contributed by atoms with van der Waals surface area (Å²) in [5.74, 6) is 1.02. The fourth-order valence-electron chi connectivity index (χ4n) is 3.02. The molecule has 0 aliphatic heterocycles. The Labute approximate surface area is 173 Å². The van der Waals surface area contributed by atoms with Gasteiger partial charge in [0.1, 0.15) is 11.4 Å². The molecule has 4 aromatic rings. The van der Waals surface area contributed by atoms with E-state index in [0.717, 1.165) is 28.2 Å². The molecule has 0 radical (unpaired) electrons. The van der Waals surface area contributed by atoms with Gasteiger partial charge in [-0.05, 0) is 11.6 Å². The standard InChI is InChI=1S/C22H21ClN4O2/c1-22(2,3)18-12-19(26-29-18)25-21(28)10-14-4-6-15(7-5-14)17-13-24-20-11-16(23)8-9-27(17)20/h4-9,11-13H,10H2,1-3H3,(H,25,26,28). The van der Waals surface area contributed by atoms with E-state index in [4.69, 9.17) is 16.1 Å². The van der Waals surface area contributed by atoms with Gasteiger partial charge in [-0.15, -0.1) is 0 Å². The minimum absolute atomic E-state index is 0.143. The Morgan fingerprint density at radius 1 is 1.17 bits per heavy atom. The number of benzene rings is 1. The molecule has 4 rings (SSSR count). The van der Waals surface area contributed by atoms with Crippen molar-refractivity contribution in [1.82, 2.24) is 14.5 Å². The molecule has 148 valence electrons. The van der Waals surface area contributed by atoms with E-state index in [1.165, 1.54) is 0 Å². The molecule has 1 amide bonds. The average molecular weight is 409 g/mol. The van der Waals surface area contributed by atoms with E-state index in [1.807, 2.05) is 74.0 Å². The summed E-state index contributed by atoms with van der Waals surface area (Å²) in [5, 5.41) is 7.36. The molecule has 0 saturated heterocycles. The predicted molar refractivity (Wildman–Crippen MR) is 113 cm³/mol. The van der Waals surface area contributed by atoms with Crippen molar-refractivity contribution in [1.29, 1.82) is 0 Å². The molecule has 3 heterocycles. The molecule has 0 unspecified atom stereocenters.